The summed E-state index contributed by atoms with van der Waals surface area (Å²) in [6.45, 7) is 2.48. The van der Waals surface area contributed by atoms with Gasteiger partial charge in [0.25, 0.3) is 11.6 Å². The Bertz CT molecular complexity index is 1010. The molecule has 7 nitrogen and oxygen atoms in total. The van der Waals surface area contributed by atoms with Crippen molar-refractivity contribution in [3.63, 3.8) is 0 Å². The van der Waals surface area contributed by atoms with E-state index in [1.54, 1.807) is 36.4 Å². The van der Waals surface area contributed by atoms with Crippen molar-refractivity contribution >= 4 is 17.8 Å². The molecular weight excluding hydrogens is 370 g/mol. The lowest BCUT2D eigenvalue weighted by Crippen LogP contribution is -2.17. The number of nitrogens with one attached hydrogen (secondary N) is 1. The van der Waals surface area contributed by atoms with Gasteiger partial charge in [0.05, 0.1) is 11.1 Å². The first-order valence-electron chi connectivity index (χ1n) is 8.87. The summed E-state index contributed by atoms with van der Waals surface area (Å²) < 4.78 is 5.72. The van der Waals surface area contributed by atoms with Crippen LogP contribution in [0.5, 0.6) is 5.75 Å². The van der Waals surface area contributed by atoms with Crippen LogP contribution in [-0.2, 0) is 6.61 Å². The van der Waals surface area contributed by atoms with Crippen LogP contribution in [0.15, 0.2) is 77.9 Å². The van der Waals surface area contributed by atoms with E-state index < -0.39 is 4.92 Å². The highest BCUT2D eigenvalue weighted by Crippen LogP contribution is 2.15. The van der Waals surface area contributed by atoms with E-state index in [2.05, 4.69) is 10.5 Å². The molecule has 0 saturated carbocycles. The second-order valence-electron chi connectivity index (χ2n) is 6.35. The third kappa shape index (κ3) is 5.74. The maximum atomic E-state index is 12.1. The highest BCUT2D eigenvalue weighted by atomic mass is 16.6. The van der Waals surface area contributed by atoms with Gasteiger partial charge in [0.1, 0.15) is 12.4 Å². The van der Waals surface area contributed by atoms with E-state index in [-0.39, 0.29) is 11.6 Å². The molecule has 0 bridgehead atoms. The second-order valence-corrected chi connectivity index (χ2v) is 6.35. The molecule has 1 N–H and O–H groups in total. The van der Waals surface area contributed by atoms with Gasteiger partial charge in [-0.2, -0.15) is 5.10 Å². The number of ether oxygens (including phenoxy) is 1. The summed E-state index contributed by atoms with van der Waals surface area (Å²) in [4.78, 5) is 22.3. The summed E-state index contributed by atoms with van der Waals surface area (Å²) in [5.41, 5.74) is 5.76. The van der Waals surface area contributed by atoms with E-state index in [9.17, 15) is 14.9 Å². The lowest BCUT2D eigenvalue weighted by atomic mass is 10.2. The number of aryl methyl sites for hydroxylation is 1. The fraction of sp³-hybridized carbons (Fsp3) is 0.0909. The molecule has 7 heteroatoms. The maximum Gasteiger partial charge on any atom is 0.271 e. The number of nitro groups is 1. The molecule has 146 valence electrons. The first-order chi connectivity index (χ1) is 14.0. The predicted molar refractivity (Wildman–Crippen MR) is 110 cm³/mol. The molecule has 3 aromatic rings. The van der Waals surface area contributed by atoms with Gasteiger partial charge in [-0.25, -0.2) is 5.43 Å². The third-order valence-electron chi connectivity index (χ3n) is 4.13. The number of hydrazone groups is 1. The normalized spacial score (nSPS) is 10.7. The van der Waals surface area contributed by atoms with Crippen molar-refractivity contribution in [3.05, 3.63) is 105 Å². The van der Waals surface area contributed by atoms with Gasteiger partial charge in [0.15, 0.2) is 0 Å². The van der Waals surface area contributed by atoms with Crippen molar-refractivity contribution in [1.29, 1.82) is 0 Å². The largest absolute Gasteiger partial charge is 0.489 e. The highest BCUT2D eigenvalue weighted by molar-refractivity contribution is 5.95. The van der Waals surface area contributed by atoms with E-state index in [1.165, 1.54) is 23.9 Å². The Balaban J connectivity index is 1.51. The van der Waals surface area contributed by atoms with Crippen LogP contribution >= 0.6 is 0 Å². The monoisotopic (exact) mass is 389 g/mol. The molecule has 3 aromatic carbocycles. The Morgan fingerprint density at radius 3 is 2.31 bits per heavy atom. The van der Waals surface area contributed by atoms with Crippen molar-refractivity contribution in [1.82, 2.24) is 5.43 Å². The molecule has 0 aliphatic rings. The zero-order valence-electron chi connectivity index (χ0n) is 15.7. The van der Waals surface area contributed by atoms with Crippen molar-refractivity contribution < 1.29 is 14.5 Å². The van der Waals surface area contributed by atoms with Crippen LogP contribution in [-0.4, -0.2) is 17.0 Å². The number of hydrogen-bond donors (Lipinski definition) is 1. The van der Waals surface area contributed by atoms with Crippen LogP contribution in [0.1, 0.15) is 27.0 Å². The van der Waals surface area contributed by atoms with E-state index in [4.69, 9.17) is 4.74 Å². The molecule has 0 heterocycles. The number of nitrogens with zero attached hydrogens (tertiary/aromatic N) is 2. The molecule has 29 heavy (non-hydrogen) atoms. The lowest BCUT2D eigenvalue weighted by Gasteiger charge is -2.07. The molecule has 0 radical (unpaired) electrons. The van der Waals surface area contributed by atoms with Gasteiger partial charge in [0, 0.05) is 17.7 Å². The molecule has 0 aromatic heterocycles. The summed E-state index contributed by atoms with van der Waals surface area (Å²) in [6.07, 6.45) is 1.42. The molecule has 1 amide bonds. The summed E-state index contributed by atoms with van der Waals surface area (Å²) >= 11 is 0. The molecular formula is C22H19N3O4. The number of nitro benzene ring substituents is 1. The molecule has 0 saturated heterocycles. The first-order valence-corrected chi connectivity index (χ1v) is 8.87. The second kappa shape index (κ2) is 9.27. The van der Waals surface area contributed by atoms with Crippen LogP contribution < -0.4 is 10.2 Å². The molecule has 0 unspecified atom stereocenters. The lowest BCUT2D eigenvalue weighted by molar-refractivity contribution is -0.384. The van der Waals surface area contributed by atoms with Gasteiger partial charge in [-0.1, -0.05) is 29.8 Å². The van der Waals surface area contributed by atoms with Gasteiger partial charge in [-0.15, -0.1) is 0 Å². The number of carbonyl (C=O) groups is 1. The van der Waals surface area contributed by atoms with Crippen LogP contribution in [0.2, 0.25) is 0 Å². The van der Waals surface area contributed by atoms with Crippen molar-refractivity contribution in [2.75, 3.05) is 0 Å². The number of carbonyl (C=O) groups excluding carboxylic acids is 1. The Hall–Kier alpha value is -4.00. The van der Waals surface area contributed by atoms with E-state index in [0.717, 1.165) is 5.56 Å². The summed E-state index contributed by atoms with van der Waals surface area (Å²) in [6, 6.07) is 20.7. The van der Waals surface area contributed by atoms with Crippen LogP contribution in [0, 0.1) is 17.0 Å². The molecule has 3 rings (SSSR count). The van der Waals surface area contributed by atoms with Gasteiger partial charge >= 0.3 is 0 Å². The van der Waals surface area contributed by atoms with Crippen LogP contribution in [0.3, 0.4) is 0 Å². The third-order valence-corrected chi connectivity index (χ3v) is 4.13. The number of rotatable bonds is 7. The standard InChI is InChI=1S/C22H19N3O4/c1-16-2-4-18(5-3-16)15-29-21-12-8-19(9-13-21)22(26)24-23-14-17-6-10-20(11-7-17)25(27)28/h2-14H,15H2,1H3,(H,24,26)/b23-14+. The predicted octanol–water partition coefficient (Wildman–Crippen LogP) is 4.25. The fourth-order valence-corrected chi connectivity index (χ4v) is 2.47. The zero-order valence-corrected chi connectivity index (χ0v) is 15.7. The molecule has 0 atom stereocenters. The topological polar surface area (TPSA) is 93.8 Å². The number of non-ortho nitro benzene ring substituents is 1. The maximum absolute atomic E-state index is 12.1. The van der Waals surface area contributed by atoms with E-state index >= 15 is 0 Å². The van der Waals surface area contributed by atoms with Gasteiger partial charge in [-0.3, -0.25) is 14.9 Å². The highest BCUT2D eigenvalue weighted by Gasteiger charge is 2.05. The average molecular weight is 389 g/mol. The molecule has 0 aliphatic heterocycles. The van der Waals surface area contributed by atoms with Crippen LogP contribution in [0.4, 0.5) is 5.69 Å². The smallest absolute Gasteiger partial charge is 0.271 e. The number of amides is 1. The van der Waals surface area contributed by atoms with Crippen molar-refractivity contribution in [2.24, 2.45) is 5.10 Å². The van der Waals surface area contributed by atoms with Crippen molar-refractivity contribution in [2.45, 2.75) is 13.5 Å². The van der Waals surface area contributed by atoms with Gasteiger partial charge in [-0.05, 0) is 54.4 Å². The van der Waals surface area contributed by atoms with E-state index in [1.807, 2.05) is 31.2 Å². The van der Waals surface area contributed by atoms with Gasteiger partial charge < -0.3 is 4.74 Å². The SMILES string of the molecule is Cc1ccc(COc2ccc(C(=O)N/N=C/c3ccc([N+](=O)[O-])cc3)cc2)cc1. The summed E-state index contributed by atoms with van der Waals surface area (Å²) in [7, 11) is 0. The number of benzene rings is 3. The Morgan fingerprint density at radius 1 is 1.03 bits per heavy atom. The van der Waals surface area contributed by atoms with Gasteiger partial charge in [0.2, 0.25) is 0 Å². The first kappa shape index (κ1) is 19.8. The Labute approximate surface area is 167 Å². The minimum atomic E-state index is -0.475. The minimum absolute atomic E-state index is 0.00382. The Morgan fingerprint density at radius 2 is 1.69 bits per heavy atom. The minimum Gasteiger partial charge on any atom is -0.489 e. The Kier molecular flexibility index (Phi) is 6.32. The zero-order chi connectivity index (χ0) is 20.6. The summed E-state index contributed by atoms with van der Waals surface area (Å²) in [5.74, 6) is 0.296. The van der Waals surface area contributed by atoms with E-state index in [0.29, 0.717) is 23.5 Å². The molecule has 0 spiro atoms. The quantitative estimate of drug-likeness (QED) is 0.371. The number of hydrogen-bond acceptors (Lipinski definition) is 5. The fourth-order valence-electron chi connectivity index (χ4n) is 2.47. The van der Waals surface area contributed by atoms with Crippen LogP contribution in [0.25, 0.3) is 0 Å². The molecule has 0 aliphatic carbocycles. The van der Waals surface area contributed by atoms with Crippen molar-refractivity contribution in [3.8, 4) is 5.75 Å². The average Bonchev–Trinajstić information content (AvgIpc) is 2.74. The molecule has 0 fully saturated rings. The summed E-state index contributed by atoms with van der Waals surface area (Å²) in [5, 5.41) is 14.5.